The third-order valence-electron chi connectivity index (χ3n) is 1.52. The first kappa shape index (κ1) is 8.52. The molecule has 0 saturated heterocycles. The van der Waals surface area contributed by atoms with Crippen molar-refractivity contribution in [3.8, 4) is 0 Å². The van der Waals surface area contributed by atoms with E-state index in [0.717, 1.165) is 16.8 Å². The molecule has 1 N–H and O–H groups in total. The fraction of sp³-hybridized carbons (Fsp3) is 0.833. The SMILES string of the molecule is CCC(C)CSc1nn[nH]n1. The Morgan fingerprint density at radius 2 is 2.45 bits per heavy atom. The molecule has 0 saturated carbocycles. The maximum atomic E-state index is 3.84. The lowest BCUT2D eigenvalue weighted by atomic mass is 10.2. The van der Waals surface area contributed by atoms with Gasteiger partial charge in [0.15, 0.2) is 0 Å². The monoisotopic (exact) mass is 172 g/mol. The molecule has 0 bridgehead atoms. The molecule has 0 spiro atoms. The molecule has 1 unspecified atom stereocenters. The van der Waals surface area contributed by atoms with Crippen molar-refractivity contribution in [3.05, 3.63) is 0 Å². The van der Waals surface area contributed by atoms with Crippen LogP contribution in [-0.2, 0) is 0 Å². The standard InChI is InChI=1S/C6H12N4S/c1-3-5(2)4-11-6-7-9-10-8-6/h5H,3-4H2,1-2H3,(H,7,8,9,10). The van der Waals surface area contributed by atoms with Crippen LogP contribution in [0.4, 0.5) is 0 Å². The number of thioether (sulfide) groups is 1. The lowest BCUT2D eigenvalue weighted by Gasteiger charge is -2.03. The molecule has 1 rings (SSSR count). The number of nitrogens with one attached hydrogen (secondary N) is 1. The second-order valence-corrected chi connectivity index (χ2v) is 3.51. The number of nitrogens with zero attached hydrogens (tertiary/aromatic N) is 3. The van der Waals surface area contributed by atoms with Gasteiger partial charge >= 0.3 is 0 Å². The highest BCUT2D eigenvalue weighted by Gasteiger charge is 2.02. The Balaban J connectivity index is 2.23. The second kappa shape index (κ2) is 4.33. The molecule has 62 valence electrons. The molecule has 1 aromatic rings. The fourth-order valence-electron chi connectivity index (χ4n) is 0.548. The van der Waals surface area contributed by atoms with Crippen molar-refractivity contribution < 1.29 is 0 Å². The normalized spacial score (nSPS) is 13.3. The highest BCUT2D eigenvalue weighted by Crippen LogP contribution is 2.16. The van der Waals surface area contributed by atoms with Crippen LogP contribution in [-0.4, -0.2) is 26.4 Å². The maximum absolute atomic E-state index is 3.84. The van der Waals surface area contributed by atoms with E-state index in [-0.39, 0.29) is 0 Å². The van der Waals surface area contributed by atoms with Crippen molar-refractivity contribution in [2.75, 3.05) is 5.75 Å². The summed E-state index contributed by atoms with van der Waals surface area (Å²) < 4.78 is 0. The number of H-pyrrole nitrogens is 1. The summed E-state index contributed by atoms with van der Waals surface area (Å²) in [7, 11) is 0. The van der Waals surface area contributed by atoms with E-state index in [2.05, 4.69) is 34.5 Å². The smallest absolute Gasteiger partial charge is 0.176 e. The van der Waals surface area contributed by atoms with Gasteiger partial charge in [-0.15, -0.1) is 10.2 Å². The number of hydrogen-bond acceptors (Lipinski definition) is 4. The van der Waals surface area contributed by atoms with E-state index < -0.39 is 0 Å². The first-order valence-corrected chi connectivity index (χ1v) is 4.67. The van der Waals surface area contributed by atoms with Gasteiger partial charge in [-0.3, -0.25) is 0 Å². The molecule has 0 amide bonds. The van der Waals surface area contributed by atoms with Gasteiger partial charge < -0.3 is 0 Å². The summed E-state index contributed by atoms with van der Waals surface area (Å²) in [5.74, 6) is 1.79. The average Bonchev–Trinajstić information content (AvgIpc) is 2.52. The first-order chi connectivity index (χ1) is 5.33. The third kappa shape index (κ3) is 2.88. The van der Waals surface area contributed by atoms with Crippen LogP contribution in [0.1, 0.15) is 20.3 Å². The van der Waals surface area contributed by atoms with Gasteiger partial charge in [0.25, 0.3) is 0 Å². The van der Waals surface area contributed by atoms with Crippen LogP contribution in [0, 0.1) is 5.92 Å². The topological polar surface area (TPSA) is 54.5 Å². The molecular weight excluding hydrogens is 160 g/mol. The van der Waals surface area contributed by atoms with Crippen LogP contribution in [0.3, 0.4) is 0 Å². The van der Waals surface area contributed by atoms with Crippen LogP contribution in [0.5, 0.6) is 0 Å². The van der Waals surface area contributed by atoms with Crippen molar-refractivity contribution >= 4 is 11.8 Å². The average molecular weight is 172 g/mol. The van der Waals surface area contributed by atoms with E-state index in [1.54, 1.807) is 11.8 Å². The van der Waals surface area contributed by atoms with Crippen LogP contribution in [0.25, 0.3) is 0 Å². The highest BCUT2D eigenvalue weighted by molar-refractivity contribution is 7.99. The van der Waals surface area contributed by atoms with Crippen molar-refractivity contribution in [2.24, 2.45) is 5.92 Å². The van der Waals surface area contributed by atoms with Gasteiger partial charge in [-0.1, -0.05) is 32.0 Å². The molecule has 11 heavy (non-hydrogen) atoms. The number of tetrazole rings is 1. The van der Waals surface area contributed by atoms with E-state index in [1.165, 1.54) is 6.42 Å². The van der Waals surface area contributed by atoms with Gasteiger partial charge in [-0.2, -0.15) is 5.21 Å². The van der Waals surface area contributed by atoms with E-state index in [1.807, 2.05) is 0 Å². The molecule has 0 aliphatic heterocycles. The summed E-state index contributed by atoms with van der Waals surface area (Å²) in [6, 6.07) is 0. The summed E-state index contributed by atoms with van der Waals surface area (Å²) in [6.07, 6.45) is 1.20. The Kier molecular flexibility index (Phi) is 3.35. The molecule has 0 fully saturated rings. The minimum Gasteiger partial charge on any atom is -0.176 e. The molecule has 0 aromatic carbocycles. The predicted molar refractivity (Wildman–Crippen MR) is 44.4 cm³/mol. The van der Waals surface area contributed by atoms with E-state index in [4.69, 9.17) is 0 Å². The Bertz CT molecular complexity index is 186. The minimum atomic E-state index is 0.721. The first-order valence-electron chi connectivity index (χ1n) is 3.69. The molecule has 5 heteroatoms. The predicted octanol–water partition coefficient (Wildman–Crippen LogP) is 1.34. The zero-order chi connectivity index (χ0) is 8.10. The number of hydrogen-bond donors (Lipinski definition) is 1. The second-order valence-electron chi connectivity index (χ2n) is 2.52. The summed E-state index contributed by atoms with van der Waals surface area (Å²) >= 11 is 1.64. The maximum Gasteiger partial charge on any atom is 0.230 e. The zero-order valence-electron chi connectivity index (χ0n) is 6.74. The summed E-state index contributed by atoms with van der Waals surface area (Å²) in [5.41, 5.74) is 0. The molecule has 1 heterocycles. The van der Waals surface area contributed by atoms with Crippen molar-refractivity contribution in [2.45, 2.75) is 25.4 Å². The molecule has 0 aliphatic carbocycles. The van der Waals surface area contributed by atoms with Crippen molar-refractivity contribution in [3.63, 3.8) is 0 Å². The molecular formula is C6H12N4S. The van der Waals surface area contributed by atoms with Crippen LogP contribution in [0.2, 0.25) is 0 Å². The highest BCUT2D eigenvalue weighted by atomic mass is 32.2. The van der Waals surface area contributed by atoms with Crippen LogP contribution < -0.4 is 0 Å². The Morgan fingerprint density at radius 3 is 3.00 bits per heavy atom. The Labute approximate surface area is 70.2 Å². The van der Waals surface area contributed by atoms with E-state index >= 15 is 0 Å². The third-order valence-corrected chi connectivity index (χ3v) is 2.69. The minimum absolute atomic E-state index is 0.721. The van der Waals surface area contributed by atoms with Gasteiger partial charge in [0.05, 0.1) is 0 Å². The molecule has 4 nitrogen and oxygen atoms in total. The largest absolute Gasteiger partial charge is 0.230 e. The lowest BCUT2D eigenvalue weighted by molar-refractivity contribution is 0.636. The Morgan fingerprint density at radius 1 is 1.64 bits per heavy atom. The van der Waals surface area contributed by atoms with E-state index in [0.29, 0.717) is 0 Å². The fourth-order valence-corrected chi connectivity index (χ4v) is 1.42. The molecule has 1 aromatic heterocycles. The van der Waals surface area contributed by atoms with Crippen LogP contribution >= 0.6 is 11.8 Å². The number of rotatable bonds is 4. The van der Waals surface area contributed by atoms with Gasteiger partial charge in [0, 0.05) is 5.75 Å². The number of aromatic amines is 1. The van der Waals surface area contributed by atoms with Crippen LogP contribution in [0.15, 0.2) is 5.16 Å². The van der Waals surface area contributed by atoms with Gasteiger partial charge in [0.2, 0.25) is 5.16 Å². The number of aromatic nitrogens is 4. The molecule has 0 aliphatic rings. The summed E-state index contributed by atoms with van der Waals surface area (Å²) in [6.45, 7) is 4.40. The zero-order valence-corrected chi connectivity index (χ0v) is 7.56. The van der Waals surface area contributed by atoms with Gasteiger partial charge in [-0.25, -0.2) is 0 Å². The van der Waals surface area contributed by atoms with Gasteiger partial charge in [-0.05, 0) is 11.1 Å². The molecule has 0 radical (unpaired) electrons. The van der Waals surface area contributed by atoms with Crippen molar-refractivity contribution in [1.29, 1.82) is 0 Å². The Hall–Kier alpha value is -0.580. The van der Waals surface area contributed by atoms with E-state index in [9.17, 15) is 0 Å². The lowest BCUT2D eigenvalue weighted by Crippen LogP contribution is -1.95. The molecule has 1 atom stereocenters. The van der Waals surface area contributed by atoms with Gasteiger partial charge in [0.1, 0.15) is 0 Å². The van der Waals surface area contributed by atoms with Crippen molar-refractivity contribution in [1.82, 2.24) is 20.6 Å². The summed E-state index contributed by atoms with van der Waals surface area (Å²) in [4.78, 5) is 0. The quantitative estimate of drug-likeness (QED) is 0.696. The summed E-state index contributed by atoms with van der Waals surface area (Å²) in [5, 5.41) is 14.3.